The van der Waals surface area contributed by atoms with Gasteiger partial charge in [0.1, 0.15) is 16.2 Å². The first-order chi connectivity index (χ1) is 11.2. The maximum absolute atomic E-state index is 12.5. The fourth-order valence-corrected chi connectivity index (χ4v) is 1.87. The lowest BCUT2D eigenvalue weighted by molar-refractivity contribution is -0.384. The van der Waals surface area contributed by atoms with Gasteiger partial charge in [0.25, 0.3) is 5.69 Å². The molecule has 25 heavy (non-hydrogen) atoms. The Bertz CT molecular complexity index is 663. The molecule has 0 unspecified atom stereocenters. The van der Waals surface area contributed by atoms with Crippen molar-refractivity contribution in [1.82, 2.24) is 0 Å². The van der Waals surface area contributed by atoms with E-state index < -0.39 is 34.0 Å². The smallest absolute Gasteiger partial charge is 0.424 e. The largest absolute Gasteiger partial charge is 0.443 e. The van der Waals surface area contributed by atoms with Crippen LogP contribution in [0.15, 0.2) is 18.2 Å². The number of amides is 2. The summed E-state index contributed by atoms with van der Waals surface area (Å²) in [6.45, 7) is 9.76. The van der Waals surface area contributed by atoms with Crippen LogP contribution in [0.2, 0.25) is 5.02 Å². The Balaban J connectivity index is 3.36. The van der Waals surface area contributed by atoms with Crippen molar-refractivity contribution in [1.29, 1.82) is 0 Å². The van der Waals surface area contributed by atoms with E-state index in [0.717, 1.165) is 6.07 Å². The minimum atomic E-state index is -1.02. The number of benzene rings is 1. The van der Waals surface area contributed by atoms with Crippen molar-refractivity contribution < 1.29 is 24.0 Å². The Morgan fingerprint density at radius 2 is 1.48 bits per heavy atom. The molecule has 8 nitrogen and oxygen atoms in total. The number of halogens is 1. The Labute approximate surface area is 150 Å². The molecule has 0 N–H and O–H groups in total. The summed E-state index contributed by atoms with van der Waals surface area (Å²) in [5.41, 5.74) is -2.29. The van der Waals surface area contributed by atoms with Crippen LogP contribution in [0.5, 0.6) is 0 Å². The van der Waals surface area contributed by atoms with Crippen molar-refractivity contribution >= 4 is 35.2 Å². The van der Waals surface area contributed by atoms with E-state index in [-0.39, 0.29) is 10.7 Å². The normalized spacial score (nSPS) is 11.6. The number of nitro benzene ring substituents is 1. The molecular formula is C16H21ClN2O6. The molecule has 0 saturated heterocycles. The molecule has 1 rings (SSSR count). The standard InChI is InChI=1S/C16H21ClN2O6/c1-15(2,3)24-13(20)18(14(21)25-16(4,5)6)10-7-8-11(17)12(9-10)19(22)23/h7-9H,1-6H3. The zero-order valence-corrected chi connectivity index (χ0v) is 15.7. The van der Waals surface area contributed by atoms with Crippen LogP contribution in [0.4, 0.5) is 21.0 Å². The van der Waals surface area contributed by atoms with Gasteiger partial charge >= 0.3 is 12.2 Å². The Hall–Kier alpha value is -2.35. The van der Waals surface area contributed by atoms with Gasteiger partial charge < -0.3 is 9.47 Å². The molecule has 138 valence electrons. The number of hydrogen-bond donors (Lipinski definition) is 0. The lowest BCUT2D eigenvalue weighted by Gasteiger charge is -2.28. The van der Waals surface area contributed by atoms with Crippen molar-refractivity contribution in [2.75, 3.05) is 4.90 Å². The van der Waals surface area contributed by atoms with E-state index in [4.69, 9.17) is 21.1 Å². The third-order valence-electron chi connectivity index (χ3n) is 2.54. The topological polar surface area (TPSA) is 99.0 Å². The second kappa shape index (κ2) is 7.26. The van der Waals surface area contributed by atoms with Crippen molar-refractivity contribution in [2.45, 2.75) is 52.7 Å². The minimum Gasteiger partial charge on any atom is -0.443 e. The van der Waals surface area contributed by atoms with Crippen molar-refractivity contribution in [3.05, 3.63) is 33.3 Å². The predicted molar refractivity (Wildman–Crippen MR) is 93.1 cm³/mol. The number of nitro groups is 1. The molecule has 0 fully saturated rings. The minimum absolute atomic E-state index is 0.0837. The van der Waals surface area contributed by atoms with Gasteiger partial charge in [-0.25, -0.2) is 9.59 Å². The number of nitrogens with zero attached hydrogens (tertiary/aromatic N) is 2. The van der Waals surface area contributed by atoms with Gasteiger partial charge in [-0.2, -0.15) is 4.90 Å². The quantitative estimate of drug-likeness (QED) is 0.539. The fraction of sp³-hybridized carbons (Fsp3) is 0.500. The number of carbonyl (C=O) groups excluding carboxylic acids is 2. The molecule has 0 aliphatic heterocycles. The molecule has 0 bridgehead atoms. The van der Waals surface area contributed by atoms with Crippen molar-refractivity contribution in [3.63, 3.8) is 0 Å². The molecule has 0 saturated carbocycles. The van der Waals surface area contributed by atoms with Crippen molar-refractivity contribution in [2.24, 2.45) is 0 Å². The van der Waals surface area contributed by atoms with E-state index in [0.29, 0.717) is 4.90 Å². The summed E-state index contributed by atoms with van der Waals surface area (Å²) in [5.74, 6) is 0. The van der Waals surface area contributed by atoms with E-state index in [2.05, 4.69) is 0 Å². The predicted octanol–water partition coefficient (Wildman–Crippen LogP) is 4.92. The maximum atomic E-state index is 12.5. The van der Waals surface area contributed by atoms with Gasteiger partial charge in [-0.05, 0) is 53.7 Å². The molecule has 2 amide bonds. The van der Waals surface area contributed by atoms with E-state index in [1.54, 1.807) is 41.5 Å². The van der Waals surface area contributed by atoms with Crippen LogP contribution in [-0.4, -0.2) is 28.3 Å². The molecule has 1 aromatic carbocycles. The highest BCUT2D eigenvalue weighted by Crippen LogP contribution is 2.31. The lowest BCUT2D eigenvalue weighted by Crippen LogP contribution is -2.43. The van der Waals surface area contributed by atoms with Crippen LogP contribution in [0, 0.1) is 10.1 Å². The highest BCUT2D eigenvalue weighted by atomic mass is 35.5. The molecule has 0 heterocycles. The first kappa shape index (κ1) is 20.7. The molecule has 0 aliphatic rings. The van der Waals surface area contributed by atoms with E-state index in [1.807, 2.05) is 0 Å². The third kappa shape index (κ3) is 6.22. The van der Waals surface area contributed by atoms with Crippen molar-refractivity contribution in [3.8, 4) is 0 Å². The average Bonchev–Trinajstić information content (AvgIpc) is 2.36. The van der Waals surface area contributed by atoms with Crippen LogP contribution in [0.3, 0.4) is 0 Å². The van der Waals surface area contributed by atoms with E-state index in [9.17, 15) is 19.7 Å². The zero-order chi connectivity index (χ0) is 19.6. The van der Waals surface area contributed by atoms with E-state index >= 15 is 0 Å². The summed E-state index contributed by atoms with van der Waals surface area (Å²) in [6.07, 6.45) is -2.03. The lowest BCUT2D eigenvalue weighted by atomic mass is 10.2. The molecule has 0 atom stereocenters. The summed E-state index contributed by atoms with van der Waals surface area (Å²) < 4.78 is 10.4. The Morgan fingerprint density at radius 3 is 1.84 bits per heavy atom. The van der Waals surface area contributed by atoms with Gasteiger partial charge in [0, 0.05) is 6.07 Å². The van der Waals surface area contributed by atoms with Crippen LogP contribution in [-0.2, 0) is 9.47 Å². The Kier molecular flexibility index (Phi) is 6.01. The van der Waals surface area contributed by atoms with Gasteiger partial charge in [-0.1, -0.05) is 11.6 Å². The average molecular weight is 373 g/mol. The first-order valence-corrected chi connectivity index (χ1v) is 7.79. The third-order valence-corrected chi connectivity index (χ3v) is 2.86. The fourth-order valence-electron chi connectivity index (χ4n) is 1.68. The van der Waals surface area contributed by atoms with Gasteiger partial charge in [0.15, 0.2) is 0 Å². The molecule has 9 heteroatoms. The van der Waals surface area contributed by atoms with Crippen LogP contribution >= 0.6 is 11.6 Å². The molecule has 0 aromatic heterocycles. The number of ether oxygens (including phenoxy) is 2. The zero-order valence-electron chi connectivity index (χ0n) is 15.0. The highest BCUT2D eigenvalue weighted by Gasteiger charge is 2.33. The first-order valence-electron chi connectivity index (χ1n) is 7.41. The number of anilines is 1. The second-order valence-electron chi connectivity index (χ2n) is 7.19. The van der Waals surface area contributed by atoms with Crippen LogP contribution in [0.1, 0.15) is 41.5 Å². The maximum Gasteiger partial charge on any atom is 0.424 e. The van der Waals surface area contributed by atoms with E-state index in [1.165, 1.54) is 12.1 Å². The summed E-state index contributed by atoms with van der Waals surface area (Å²) in [6, 6.07) is 3.52. The van der Waals surface area contributed by atoms with Gasteiger partial charge in [0.05, 0.1) is 10.6 Å². The van der Waals surface area contributed by atoms with Crippen LogP contribution < -0.4 is 4.90 Å². The molecule has 0 radical (unpaired) electrons. The molecule has 0 aliphatic carbocycles. The second-order valence-corrected chi connectivity index (χ2v) is 7.60. The van der Waals surface area contributed by atoms with Gasteiger partial charge in [-0.15, -0.1) is 0 Å². The summed E-state index contributed by atoms with van der Waals surface area (Å²) >= 11 is 5.78. The Morgan fingerprint density at radius 1 is 1.04 bits per heavy atom. The SMILES string of the molecule is CC(C)(C)OC(=O)N(C(=O)OC(C)(C)C)c1ccc(Cl)c([N+](=O)[O-])c1. The molecular weight excluding hydrogens is 352 g/mol. The monoisotopic (exact) mass is 372 g/mol. The van der Waals surface area contributed by atoms with Gasteiger partial charge in [-0.3, -0.25) is 10.1 Å². The number of rotatable bonds is 2. The number of imide groups is 1. The number of hydrogen-bond acceptors (Lipinski definition) is 6. The number of carbonyl (C=O) groups is 2. The molecule has 0 spiro atoms. The summed E-state index contributed by atoms with van der Waals surface area (Å²) in [4.78, 5) is 35.9. The summed E-state index contributed by atoms with van der Waals surface area (Å²) in [7, 11) is 0. The summed E-state index contributed by atoms with van der Waals surface area (Å²) in [5, 5.41) is 10.9. The van der Waals surface area contributed by atoms with Gasteiger partial charge in [0.2, 0.25) is 0 Å². The highest BCUT2D eigenvalue weighted by molar-refractivity contribution is 6.32. The van der Waals surface area contributed by atoms with Crippen LogP contribution in [0.25, 0.3) is 0 Å². The molecule has 1 aromatic rings.